The number of benzene rings is 2. The van der Waals surface area contributed by atoms with E-state index in [9.17, 15) is 14.0 Å². The van der Waals surface area contributed by atoms with E-state index >= 15 is 0 Å². The van der Waals surface area contributed by atoms with Crippen LogP contribution in [-0.2, 0) is 4.79 Å². The number of carbonyl (C=O) groups is 2. The van der Waals surface area contributed by atoms with Gasteiger partial charge in [0.2, 0.25) is 0 Å². The summed E-state index contributed by atoms with van der Waals surface area (Å²) >= 11 is 6.37. The van der Waals surface area contributed by atoms with Crippen LogP contribution in [-0.4, -0.2) is 35.4 Å². The molecule has 0 aromatic heterocycles. The molecule has 1 aliphatic heterocycles. The van der Waals surface area contributed by atoms with E-state index in [4.69, 9.17) is 16.7 Å². The molecule has 8 heteroatoms. The molecule has 1 aliphatic rings. The minimum atomic E-state index is -1.27. The Morgan fingerprint density at radius 2 is 1.93 bits per heavy atom. The van der Waals surface area contributed by atoms with Gasteiger partial charge in [-0.3, -0.25) is 15.1 Å². The second-order valence-electron chi connectivity index (χ2n) is 6.65. The molecule has 0 saturated carbocycles. The summed E-state index contributed by atoms with van der Waals surface area (Å²) in [5.74, 6) is -0.835. The van der Waals surface area contributed by atoms with E-state index in [2.05, 4.69) is 10.3 Å². The normalized spacial score (nSPS) is 15.7. The Morgan fingerprint density at radius 3 is 2.56 bits per heavy atom. The summed E-state index contributed by atoms with van der Waals surface area (Å²) < 4.78 is 14.5. The molecular weight excluding hydrogens is 373 g/mol. The third-order valence-electron chi connectivity index (χ3n) is 4.25. The molecule has 2 N–H and O–H groups in total. The van der Waals surface area contributed by atoms with E-state index in [-0.39, 0.29) is 27.9 Å². The van der Waals surface area contributed by atoms with Crippen molar-refractivity contribution >= 4 is 40.7 Å². The van der Waals surface area contributed by atoms with Crippen molar-refractivity contribution in [3.05, 3.63) is 58.4 Å². The monoisotopic (exact) mass is 389 g/mol. The van der Waals surface area contributed by atoms with Gasteiger partial charge in [-0.2, -0.15) is 0 Å². The van der Waals surface area contributed by atoms with Crippen LogP contribution in [0.5, 0.6) is 0 Å². The highest BCUT2D eigenvalue weighted by Crippen LogP contribution is 2.39. The number of anilines is 2. The number of nitrogens with zero attached hydrogens (tertiary/aromatic N) is 2. The van der Waals surface area contributed by atoms with Crippen LogP contribution in [0.25, 0.3) is 0 Å². The highest BCUT2D eigenvalue weighted by atomic mass is 35.5. The highest BCUT2D eigenvalue weighted by Gasteiger charge is 2.37. The zero-order chi connectivity index (χ0) is 19.9. The molecule has 27 heavy (non-hydrogen) atoms. The summed E-state index contributed by atoms with van der Waals surface area (Å²) in [7, 11) is 1.55. The van der Waals surface area contributed by atoms with Crippen molar-refractivity contribution in [3.63, 3.8) is 0 Å². The molecule has 0 aliphatic carbocycles. The molecule has 140 valence electrons. The fourth-order valence-electron chi connectivity index (χ4n) is 3.07. The van der Waals surface area contributed by atoms with Gasteiger partial charge in [-0.15, -0.1) is 0 Å². The summed E-state index contributed by atoms with van der Waals surface area (Å²) in [4.78, 5) is 29.8. The Labute approximate surface area is 160 Å². The number of hydrogen-bond acceptors (Lipinski definition) is 3. The Balaban J connectivity index is 2.37. The second kappa shape index (κ2) is 6.66. The lowest BCUT2D eigenvalue weighted by molar-refractivity contribution is -0.122. The average Bonchev–Trinajstić information content (AvgIpc) is 2.64. The van der Waals surface area contributed by atoms with Crippen LogP contribution in [0.4, 0.5) is 20.6 Å². The molecule has 0 unspecified atom stereocenters. The number of hydrogen-bond donors (Lipinski definition) is 2. The average molecular weight is 390 g/mol. The summed E-state index contributed by atoms with van der Waals surface area (Å²) in [5.41, 5.74) is 0.133. The molecular formula is C19H17ClFN3O3. The highest BCUT2D eigenvalue weighted by molar-refractivity contribution is 6.36. The van der Waals surface area contributed by atoms with Crippen molar-refractivity contribution in [2.75, 3.05) is 17.3 Å². The topological polar surface area (TPSA) is 82.0 Å². The molecule has 0 radical (unpaired) electrons. The van der Waals surface area contributed by atoms with Crippen molar-refractivity contribution in [1.29, 1.82) is 0 Å². The van der Waals surface area contributed by atoms with E-state index in [1.807, 2.05) is 0 Å². The van der Waals surface area contributed by atoms with Crippen molar-refractivity contribution in [2.24, 2.45) is 4.99 Å². The fraction of sp³-hybridized carbons (Fsp3) is 0.211. The summed E-state index contributed by atoms with van der Waals surface area (Å²) in [6, 6.07) is 8.94. The molecule has 0 saturated heterocycles. The molecule has 0 bridgehead atoms. The first kappa shape index (κ1) is 18.8. The molecule has 6 nitrogen and oxygen atoms in total. The smallest absolute Gasteiger partial charge is 0.409 e. The van der Waals surface area contributed by atoms with Gasteiger partial charge in [-0.25, -0.2) is 9.18 Å². The van der Waals surface area contributed by atoms with Crippen molar-refractivity contribution in [3.8, 4) is 0 Å². The van der Waals surface area contributed by atoms with Crippen LogP contribution in [0.2, 0.25) is 5.02 Å². The van der Waals surface area contributed by atoms with Crippen LogP contribution in [0.15, 0.2) is 41.4 Å². The van der Waals surface area contributed by atoms with E-state index in [1.54, 1.807) is 39.1 Å². The zero-order valence-electron chi connectivity index (χ0n) is 14.9. The van der Waals surface area contributed by atoms with Crippen molar-refractivity contribution in [2.45, 2.75) is 19.4 Å². The van der Waals surface area contributed by atoms with Gasteiger partial charge in [0.1, 0.15) is 11.4 Å². The predicted molar refractivity (Wildman–Crippen MR) is 103 cm³/mol. The molecule has 1 heterocycles. The molecule has 0 fully saturated rings. The number of nitrogens with one attached hydrogen (secondary N) is 1. The number of amides is 2. The molecule has 2 aromatic carbocycles. The third kappa shape index (κ3) is 3.38. The number of aliphatic imine (C=N–C) groups is 1. The van der Waals surface area contributed by atoms with Gasteiger partial charge in [0.05, 0.1) is 16.4 Å². The Bertz CT molecular complexity index is 988. The van der Waals surface area contributed by atoms with Gasteiger partial charge in [0.25, 0.3) is 5.91 Å². The van der Waals surface area contributed by atoms with Gasteiger partial charge in [-0.1, -0.05) is 23.7 Å². The predicted octanol–water partition coefficient (Wildman–Crippen LogP) is 4.16. The Kier molecular flexibility index (Phi) is 4.65. The van der Waals surface area contributed by atoms with Crippen molar-refractivity contribution in [1.82, 2.24) is 0 Å². The van der Waals surface area contributed by atoms with Gasteiger partial charge in [0, 0.05) is 23.9 Å². The number of carboxylic acid groups (broad SMARTS) is 1. The Morgan fingerprint density at radius 1 is 1.26 bits per heavy atom. The molecule has 3 rings (SSSR count). The van der Waals surface area contributed by atoms with E-state index in [0.29, 0.717) is 11.3 Å². The lowest BCUT2D eigenvalue weighted by atomic mass is 9.98. The summed E-state index contributed by atoms with van der Waals surface area (Å²) in [6.07, 6.45) is -1.27. The quantitative estimate of drug-likeness (QED) is 0.809. The van der Waals surface area contributed by atoms with Crippen LogP contribution in [0.3, 0.4) is 0 Å². The maximum absolute atomic E-state index is 14.5. The molecule has 0 spiro atoms. The number of benzodiazepines with no additional fused rings is 1. The van der Waals surface area contributed by atoms with Crippen LogP contribution < -0.4 is 10.2 Å². The van der Waals surface area contributed by atoms with Crippen LogP contribution >= 0.6 is 11.6 Å². The van der Waals surface area contributed by atoms with Gasteiger partial charge in [-0.05, 0) is 38.1 Å². The van der Waals surface area contributed by atoms with Gasteiger partial charge < -0.3 is 10.0 Å². The largest absolute Gasteiger partial charge is 0.465 e. The maximum Gasteiger partial charge on any atom is 0.409 e. The van der Waals surface area contributed by atoms with E-state index in [0.717, 1.165) is 0 Å². The maximum atomic E-state index is 14.5. The summed E-state index contributed by atoms with van der Waals surface area (Å²) in [5, 5.41) is 11.4. The number of fused-ring (bicyclic) bond motifs is 1. The second-order valence-corrected chi connectivity index (χ2v) is 7.06. The first-order chi connectivity index (χ1) is 12.6. The minimum Gasteiger partial charge on any atom is -0.465 e. The first-order valence-electron chi connectivity index (χ1n) is 8.08. The number of rotatable bonds is 2. The first-order valence-corrected chi connectivity index (χ1v) is 8.46. The minimum absolute atomic E-state index is 0.147. The fourth-order valence-corrected chi connectivity index (χ4v) is 3.42. The molecule has 2 aromatic rings. The number of carbonyl (C=O) groups excluding carboxylic acids is 1. The van der Waals surface area contributed by atoms with Crippen LogP contribution in [0.1, 0.15) is 25.0 Å². The standard InChI is InChI=1S/C19H17ClFN3O3/c1-19(2)17(25)24(3)16-12(8-10(9-13(16)20)22-18(26)27)15(23-19)11-6-4-5-7-14(11)21/h4-9,22H,1-3H3,(H,26,27). The van der Waals surface area contributed by atoms with Crippen LogP contribution in [0, 0.1) is 5.82 Å². The lowest BCUT2D eigenvalue weighted by Gasteiger charge is -2.25. The SMILES string of the molecule is CN1C(=O)C(C)(C)N=C(c2ccccc2F)c2cc(NC(=O)O)cc(Cl)c21. The van der Waals surface area contributed by atoms with E-state index < -0.39 is 17.4 Å². The van der Waals surface area contributed by atoms with Crippen molar-refractivity contribution < 1.29 is 19.1 Å². The molecule has 2 amide bonds. The molecule has 0 atom stereocenters. The number of halogens is 2. The lowest BCUT2D eigenvalue weighted by Crippen LogP contribution is -2.41. The van der Waals surface area contributed by atoms with E-state index in [1.165, 1.54) is 23.1 Å². The van der Waals surface area contributed by atoms with Gasteiger partial charge in [0.15, 0.2) is 0 Å². The van der Waals surface area contributed by atoms with Gasteiger partial charge >= 0.3 is 6.09 Å². The number of likely N-dealkylation sites (N-methyl/N-ethyl adjacent to an activating group) is 1. The zero-order valence-corrected chi connectivity index (χ0v) is 15.6. The Hall–Kier alpha value is -2.93. The third-order valence-corrected chi connectivity index (χ3v) is 4.54. The summed E-state index contributed by atoms with van der Waals surface area (Å²) in [6.45, 7) is 3.26.